The molecule has 2 rings (SSSR count). The Morgan fingerprint density at radius 1 is 1.56 bits per heavy atom. The Bertz CT molecular complexity index is 425. The minimum Gasteiger partial charge on any atom is -0.490 e. The van der Waals surface area contributed by atoms with Crippen LogP contribution in [0.5, 0.6) is 5.75 Å². The van der Waals surface area contributed by atoms with Gasteiger partial charge in [-0.1, -0.05) is 0 Å². The summed E-state index contributed by atoms with van der Waals surface area (Å²) in [7, 11) is 0. The first-order valence-electron chi connectivity index (χ1n) is 4.54. The number of halogens is 2. The van der Waals surface area contributed by atoms with Crippen LogP contribution in [0, 0.1) is 5.82 Å². The molecule has 16 heavy (non-hydrogen) atoms. The van der Waals surface area contributed by atoms with Crippen LogP contribution in [0.4, 0.5) is 4.39 Å². The van der Waals surface area contributed by atoms with E-state index in [9.17, 15) is 9.18 Å². The fourth-order valence-corrected chi connectivity index (χ4v) is 1.61. The summed E-state index contributed by atoms with van der Waals surface area (Å²) in [4.78, 5) is 10.7. The highest BCUT2D eigenvalue weighted by Gasteiger charge is 2.23. The van der Waals surface area contributed by atoms with Crippen LogP contribution in [0.1, 0.15) is 28.4 Å². The van der Waals surface area contributed by atoms with Crippen molar-refractivity contribution in [1.82, 2.24) is 0 Å². The zero-order valence-electron chi connectivity index (χ0n) is 8.27. The van der Waals surface area contributed by atoms with Crippen molar-refractivity contribution in [3.8, 4) is 5.75 Å². The number of carboxylic acid groups (broad SMARTS) is 1. The highest BCUT2D eigenvalue weighted by molar-refractivity contribution is 5.88. The van der Waals surface area contributed by atoms with Gasteiger partial charge in [0.05, 0.1) is 12.2 Å². The largest absolute Gasteiger partial charge is 0.490 e. The minimum atomic E-state index is -1.17. The zero-order valence-corrected chi connectivity index (χ0v) is 9.09. The maximum absolute atomic E-state index is 13.4. The van der Waals surface area contributed by atoms with E-state index in [-0.39, 0.29) is 29.8 Å². The van der Waals surface area contributed by atoms with Gasteiger partial charge < -0.3 is 15.6 Å². The molecule has 3 N–H and O–H groups in total. The molecule has 0 bridgehead atoms. The molecule has 0 amide bonds. The van der Waals surface area contributed by atoms with E-state index >= 15 is 0 Å². The van der Waals surface area contributed by atoms with Crippen LogP contribution in [0.25, 0.3) is 0 Å². The van der Waals surface area contributed by atoms with Crippen LogP contribution >= 0.6 is 12.4 Å². The van der Waals surface area contributed by atoms with E-state index in [2.05, 4.69) is 0 Å². The smallest absolute Gasteiger partial charge is 0.335 e. The predicted octanol–water partition coefficient (Wildman–Crippen LogP) is 1.73. The van der Waals surface area contributed by atoms with Gasteiger partial charge in [0.25, 0.3) is 0 Å². The lowest BCUT2D eigenvalue weighted by Crippen LogP contribution is -2.22. The van der Waals surface area contributed by atoms with Crippen LogP contribution in [-0.4, -0.2) is 17.7 Å². The molecular weight excluding hydrogens is 237 g/mol. The van der Waals surface area contributed by atoms with E-state index in [1.165, 1.54) is 6.07 Å². The van der Waals surface area contributed by atoms with Gasteiger partial charge in [-0.2, -0.15) is 0 Å². The van der Waals surface area contributed by atoms with Gasteiger partial charge in [0.1, 0.15) is 0 Å². The standard InChI is InChI=1S/C10H10FNO3.ClH/c11-7-4-5(10(13)14)3-6-8(12)1-2-15-9(6)7;/h3-4,8H,1-2,12H2,(H,13,14);1H/t8-;/m0./s1. The molecule has 1 heterocycles. The lowest BCUT2D eigenvalue weighted by atomic mass is 9.99. The van der Waals surface area contributed by atoms with Crippen LogP contribution in [-0.2, 0) is 0 Å². The topological polar surface area (TPSA) is 72.5 Å². The summed E-state index contributed by atoms with van der Waals surface area (Å²) in [5, 5.41) is 8.75. The summed E-state index contributed by atoms with van der Waals surface area (Å²) < 4.78 is 18.5. The number of hydrogen-bond donors (Lipinski definition) is 2. The van der Waals surface area contributed by atoms with Gasteiger partial charge in [0.2, 0.25) is 0 Å². The molecule has 0 fully saturated rings. The fraction of sp³-hybridized carbons (Fsp3) is 0.300. The Balaban J connectivity index is 0.00000128. The van der Waals surface area contributed by atoms with E-state index in [1.54, 1.807) is 0 Å². The molecule has 0 unspecified atom stereocenters. The van der Waals surface area contributed by atoms with Crippen LogP contribution in [0.15, 0.2) is 12.1 Å². The molecule has 4 nitrogen and oxygen atoms in total. The maximum Gasteiger partial charge on any atom is 0.335 e. The quantitative estimate of drug-likeness (QED) is 0.793. The van der Waals surface area contributed by atoms with Crippen LogP contribution < -0.4 is 10.5 Å². The molecule has 0 aliphatic carbocycles. The molecule has 0 saturated heterocycles. The SMILES string of the molecule is Cl.N[C@H]1CCOc2c(F)cc(C(=O)O)cc21. The highest BCUT2D eigenvalue weighted by atomic mass is 35.5. The molecule has 1 aromatic carbocycles. The number of fused-ring (bicyclic) bond motifs is 1. The van der Waals surface area contributed by atoms with Gasteiger partial charge in [0.15, 0.2) is 11.6 Å². The van der Waals surface area contributed by atoms with Crippen LogP contribution in [0.3, 0.4) is 0 Å². The fourth-order valence-electron chi connectivity index (χ4n) is 1.61. The highest BCUT2D eigenvalue weighted by Crippen LogP contribution is 2.33. The molecule has 0 aromatic heterocycles. The minimum absolute atomic E-state index is 0. The number of nitrogens with two attached hydrogens (primary N) is 1. The third kappa shape index (κ3) is 2.10. The molecule has 0 radical (unpaired) electrons. The van der Waals surface area contributed by atoms with E-state index in [4.69, 9.17) is 15.6 Å². The molecule has 0 spiro atoms. The first-order chi connectivity index (χ1) is 7.09. The summed E-state index contributed by atoms with van der Waals surface area (Å²) in [5.41, 5.74) is 6.07. The van der Waals surface area contributed by atoms with E-state index in [0.29, 0.717) is 18.6 Å². The second-order valence-electron chi connectivity index (χ2n) is 3.43. The van der Waals surface area contributed by atoms with Gasteiger partial charge in [-0.05, 0) is 12.1 Å². The lowest BCUT2D eigenvalue weighted by Gasteiger charge is -2.23. The monoisotopic (exact) mass is 247 g/mol. The van der Waals surface area contributed by atoms with Crippen molar-refractivity contribution in [1.29, 1.82) is 0 Å². The zero-order chi connectivity index (χ0) is 11.0. The van der Waals surface area contributed by atoms with Crippen molar-refractivity contribution in [3.05, 3.63) is 29.1 Å². The Hall–Kier alpha value is -1.33. The summed E-state index contributed by atoms with van der Waals surface area (Å²) in [6.45, 7) is 0.359. The van der Waals surface area contributed by atoms with Gasteiger partial charge in [-0.3, -0.25) is 0 Å². The number of ether oxygens (including phenoxy) is 1. The van der Waals surface area contributed by atoms with Crippen molar-refractivity contribution in [2.24, 2.45) is 5.73 Å². The normalized spacial score (nSPS) is 18.0. The number of benzene rings is 1. The van der Waals surface area contributed by atoms with E-state index < -0.39 is 11.8 Å². The second-order valence-corrected chi connectivity index (χ2v) is 3.43. The van der Waals surface area contributed by atoms with Crippen molar-refractivity contribution in [2.75, 3.05) is 6.61 Å². The number of carboxylic acids is 1. The Morgan fingerprint density at radius 3 is 2.88 bits per heavy atom. The number of carbonyl (C=O) groups is 1. The van der Waals surface area contributed by atoms with Crippen molar-refractivity contribution in [3.63, 3.8) is 0 Å². The lowest BCUT2D eigenvalue weighted by molar-refractivity contribution is 0.0696. The van der Waals surface area contributed by atoms with E-state index in [1.807, 2.05) is 0 Å². The molecule has 1 aliphatic heterocycles. The molecule has 0 saturated carbocycles. The molecule has 1 aliphatic rings. The van der Waals surface area contributed by atoms with E-state index in [0.717, 1.165) is 6.07 Å². The average molecular weight is 248 g/mol. The Labute approximate surface area is 97.6 Å². The Kier molecular flexibility index (Phi) is 3.72. The van der Waals surface area contributed by atoms with Gasteiger partial charge in [-0.15, -0.1) is 12.4 Å². The van der Waals surface area contributed by atoms with Crippen molar-refractivity contribution in [2.45, 2.75) is 12.5 Å². The first-order valence-corrected chi connectivity index (χ1v) is 4.54. The van der Waals surface area contributed by atoms with Crippen molar-refractivity contribution < 1.29 is 19.0 Å². The van der Waals surface area contributed by atoms with Gasteiger partial charge in [-0.25, -0.2) is 9.18 Å². The van der Waals surface area contributed by atoms with Crippen molar-refractivity contribution >= 4 is 18.4 Å². The first kappa shape index (κ1) is 12.7. The number of rotatable bonds is 1. The van der Waals surface area contributed by atoms with Crippen LogP contribution in [0.2, 0.25) is 0 Å². The predicted molar refractivity (Wildman–Crippen MR) is 57.6 cm³/mol. The summed E-state index contributed by atoms with van der Waals surface area (Å²) in [6.07, 6.45) is 0.565. The van der Waals surface area contributed by atoms with Gasteiger partial charge >= 0.3 is 5.97 Å². The molecular formula is C10H11ClFNO3. The molecule has 88 valence electrons. The number of aromatic carboxylic acids is 1. The second kappa shape index (κ2) is 4.67. The van der Waals surface area contributed by atoms with Gasteiger partial charge in [0, 0.05) is 18.0 Å². The summed E-state index contributed by atoms with van der Waals surface area (Å²) >= 11 is 0. The third-order valence-corrected chi connectivity index (χ3v) is 2.39. The maximum atomic E-state index is 13.4. The Morgan fingerprint density at radius 2 is 2.25 bits per heavy atom. The molecule has 1 aromatic rings. The summed E-state index contributed by atoms with van der Waals surface area (Å²) in [6, 6.07) is 1.95. The number of hydrogen-bond acceptors (Lipinski definition) is 3. The average Bonchev–Trinajstić information content (AvgIpc) is 2.19. The summed E-state index contributed by atoms with van der Waals surface area (Å²) in [5.74, 6) is -1.76. The molecule has 6 heteroatoms. The molecule has 1 atom stereocenters. The third-order valence-electron chi connectivity index (χ3n) is 2.39.